The van der Waals surface area contributed by atoms with E-state index in [9.17, 15) is 0 Å². The highest BCUT2D eigenvalue weighted by Gasteiger charge is 2.52. The van der Waals surface area contributed by atoms with Gasteiger partial charge in [0, 0.05) is 63.7 Å². The second kappa shape index (κ2) is 11.9. The smallest absolute Gasteiger partial charge is 0.0699 e. The zero-order chi connectivity index (χ0) is 41.1. The number of aromatic nitrogens is 1. The van der Waals surface area contributed by atoms with Crippen molar-refractivity contribution in [1.82, 2.24) is 10.3 Å². The zero-order valence-corrected chi connectivity index (χ0v) is 35.9. The molecule has 4 nitrogen and oxygen atoms in total. The van der Waals surface area contributed by atoms with Crippen LogP contribution in [0.2, 0.25) is 0 Å². The Balaban J connectivity index is 0.970. The fraction of sp³-hybridized carbons (Fsp3) is 0.300. The molecule has 1 fully saturated rings. The third-order valence-corrected chi connectivity index (χ3v) is 18.8. The first kappa shape index (κ1) is 34.2. The van der Waals surface area contributed by atoms with E-state index in [4.69, 9.17) is 9.98 Å². The van der Waals surface area contributed by atoms with Crippen LogP contribution >= 0.6 is 0 Å². The first-order valence-electron chi connectivity index (χ1n) is 24.6. The average molecular weight is 825 g/mol. The summed E-state index contributed by atoms with van der Waals surface area (Å²) in [6.45, 7) is 0. The number of hydrogen-bond acceptors (Lipinski definition) is 3. The lowest BCUT2D eigenvalue weighted by atomic mass is 9.58. The fourth-order valence-corrected chi connectivity index (χ4v) is 16.7. The number of aliphatic imine (C=N–C) groups is 2. The van der Waals surface area contributed by atoms with Crippen molar-refractivity contribution < 1.29 is 0 Å². The van der Waals surface area contributed by atoms with Gasteiger partial charge in [0.15, 0.2) is 0 Å². The maximum absolute atomic E-state index is 5.90. The minimum Gasteiger partial charge on any atom is -0.378 e. The molecular weight excluding hydrogens is 777 g/mol. The molecule has 0 amide bonds. The number of nitrogens with one attached hydrogen (secondary N) is 2. The third kappa shape index (κ3) is 4.10. The minimum absolute atomic E-state index is 0.156. The van der Waals surface area contributed by atoms with Gasteiger partial charge in [-0.15, -0.1) is 0 Å². The number of fused-ring (bicyclic) bond motifs is 10. The normalized spacial score (nSPS) is 35.4. The quantitative estimate of drug-likeness (QED) is 0.161. The highest BCUT2D eigenvalue weighted by molar-refractivity contribution is 6.26. The molecule has 4 aromatic carbocycles. The Kier molecular flexibility index (Phi) is 6.35. The monoisotopic (exact) mass is 824 g/mol. The van der Waals surface area contributed by atoms with Gasteiger partial charge in [0.05, 0.1) is 28.9 Å². The molecule has 1 saturated carbocycles. The fourth-order valence-electron chi connectivity index (χ4n) is 16.7. The Bertz CT molecular complexity index is 3450. The van der Waals surface area contributed by atoms with Gasteiger partial charge in [-0.1, -0.05) is 97.1 Å². The van der Waals surface area contributed by atoms with E-state index in [0.717, 1.165) is 0 Å². The summed E-state index contributed by atoms with van der Waals surface area (Å²) in [6, 6.07) is 37.7. The van der Waals surface area contributed by atoms with Gasteiger partial charge in [-0.05, 0) is 165 Å². The van der Waals surface area contributed by atoms with Gasteiger partial charge >= 0.3 is 0 Å². The Morgan fingerprint density at radius 3 is 1.38 bits per heavy atom. The highest BCUT2D eigenvalue weighted by atomic mass is 15.0. The molecule has 21 rings (SSSR count). The summed E-state index contributed by atoms with van der Waals surface area (Å²) < 4.78 is 0. The van der Waals surface area contributed by atoms with E-state index in [1.165, 1.54) is 157 Å². The molecule has 10 atom stereocenters. The van der Waals surface area contributed by atoms with Crippen molar-refractivity contribution in [1.29, 1.82) is 0 Å². The van der Waals surface area contributed by atoms with Crippen LogP contribution in [0.25, 0.3) is 12.2 Å². The molecule has 5 heterocycles. The first-order chi connectivity index (χ1) is 31.7. The molecule has 16 bridgehead atoms. The lowest BCUT2D eigenvalue weighted by molar-refractivity contribution is 0.320. The van der Waals surface area contributed by atoms with E-state index >= 15 is 0 Å². The molecule has 16 aliphatic rings. The zero-order valence-electron chi connectivity index (χ0n) is 35.9. The minimum atomic E-state index is 0.156. The number of aromatic amines is 1. The topological polar surface area (TPSA) is 52.5 Å². The van der Waals surface area contributed by atoms with E-state index < -0.39 is 0 Å². The van der Waals surface area contributed by atoms with Gasteiger partial charge in [-0.3, -0.25) is 0 Å². The first-order valence-corrected chi connectivity index (χ1v) is 24.6. The molecule has 5 aromatic rings. The number of rotatable bonds is 0. The van der Waals surface area contributed by atoms with Crippen molar-refractivity contribution in [2.75, 3.05) is 0 Å². The van der Waals surface area contributed by atoms with Gasteiger partial charge in [-0.2, -0.15) is 0 Å². The van der Waals surface area contributed by atoms with Crippen LogP contribution in [0.15, 0.2) is 164 Å². The second-order valence-electron chi connectivity index (χ2n) is 21.2. The van der Waals surface area contributed by atoms with Crippen molar-refractivity contribution in [3.8, 4) is 0 Å². The van der Waals surface area contributed by atoms with E-state index in [-0.39, 0.29) is 6.04 Å². The maximum atomic E-state index is 5.90. The second-order valence-corrected chi connectivity index (χ2v) is 21.2. The van der Waals surface area contributed by atoms with E-state index in [0.29, 0.717) is 53.3 Å². The van der Waals surface area contributed by atoms with Crippen LogP contribution in [0.3, 0.4) is 0 Å². The SMILES string of the molecule is C1=C2N=C(/C=c3\[nH]/c(c4c3C3CCC4c4ccccc43)=C\C3=NC(=C\C4NC/1=C1C5CCC(c6ccccc65)C14)/C1=C3C3CCC1c1ccccc13)C1=C\2C2CCC1c1ccccc12. The molecule has 0 spiro atoms. The molecule has 308 valence electrons. The third-order valence-electron chi connectivity index (χ3n) is 18.8. The Hall–Kier alpha value is -6.26. The number of H-pyrrole nitrogens is 1. The summed E-state index contributed by atoms with van der Waals surface area (Å²) in [6.07, 6.45) is 19.8. The molecular formula is C60H48N4. The summed E-state index contributed by atoms with van der Waals surface area (Å²) in [5.74, 6) is 3.54. The average Bonchev–Trinajstić information content (AvgIpc) is 4.13. The number of nitrogens with zero attached hydrogens (tertiary/aromatic N) is 2. The van der Waals surface area contributed by atoms with Gasteiger partial charge in [0.2, 0.25) is 0 Å². The molecule has 10 unspecified atom stereocenters. The number of hydrogen-bond donors (Lipinski definition) is 2. The van der Waals surface area contributed by atoms with Crippen LogP contribution in [0.5, 0.6) is 0 Å². The summed E-state index contributed by atoms with van der Waals surface area (Å²) >= 11 is 0. The van der Waals surface area contributed by atoms with Crippen LogP contribution in [0.1, 0.15) is 154 Å². The van der Waals surface area contributed by atoms with Gasteiger partial charge in [0.25, 0.3) is 0 Å². The highest BCUT2D eigenvalue weighted by Crippen LogP contribution is 2.63. The number of allylic oxidation sites excluding steroid dienone is 5. The predicted molar refractivity (Wildman–Crippen MR) is 254 cm³/mol. The molecule has 12 aliphatic carbocycles. The molecule has 1 aromatic heterocycles. The molecule has 4 heteroatoms. The molecule has 64 heavy (non-hydrogen) atoms. The Labute approximate surface area is 373 Å². The van der Waals surface area contributed by atoms with E-state index in [2.05, 4.69) is 132 Å². The van der Waals surface area contributed by atoms with Gasteiger partial charge < -0.3 is 10.3 Å². The summed E-state index contributed by atoms with van der Waals surface area (Å²) in [5, 5.41) is 6.86. The van der Waals surface area contributed by atoms with Gasteiger partial charge in [0.1, 0.15) is 0 Å². The summed E-state index contributed by atoms with van der Waals surface area (Å²) in [7, 11) is 0. The van der Waals surface area contributed by atoms with Crippen LogP contribution in [-0.2, 0) is 0 Å². The standard InChI is InChI=1S/C60H48N4/c1-2-10-30-29(9-1)37-17-18-38(30)54-46-26-48-56-40-21-22-42(34-14-6-5-13-33(34)40)58(56)50(63-48)28-52-60-44-24-23-43(35-15-7-8-16-36(35)44)59(60)51(64-52)27-49-57-41-20-19-39(31-11-3-4-12-32(31)41)55(57)47(62-49)25-45(61-46)53(37)54/h1-16,25-28,37-45,53,61,64H,17-24H2/b47-25-,48-26-,51-27-,52-28-. The van der Waals surface area contributed by atoms with Crippen molar-refractivity contribution in [2.24, 2.45) is 15.9 Å². The van der Waals surface area contributed by atoms with Crippen molar-refractivity contribution in [3.05, 3.63) is 221 Å². The van der Waals surface area contributed by atoms with Crippen LogP contribution < -0.4 is 16.0 Å². The largest absolute Gasteiger partial charge is 0.378 e. The molecule has 4 aliphatic heterocycles. The lowest BCUT2D eigenvalue weighted by Crippen LogP contribution is -2.38. The lowest BCUT2D eigenvalue weighted by Gasteiger charge is -2.45. The van der Waals surface area contributed by atoms with E-state index in [1.807, 2.05) is 0 Å². The summed E-state index contributed by atoms with van der Waals surface area (Å²) in [4.78, 5) is 16.0. The van der Waals surface area contributed by atoms with Crippen molar-refractivity contribution in [3.63, 3.8) is 0 Å². The Morgan fingerprint density at radius 2 is 0.828 bits per heavy atom. The van der Waals surface area contributed by atoms with E-state index in [1.54, 1.807) is 16.7 Å². The molecule has 0 saturated heterocycles. The Morgan fingerprint density at radius 1 is 0.406 bits per heavy atom. The molecule has 0 radical (unpaired) electrons. The number of benzene rings is 4. The van der Waals surface area contributed by atoms with Crippen molar-refractivity contribution >= 4 is 23.6 Å². The maximum Gasteiger partial charge on any atom is 0.0699 e. The van der Waals surface area contributed by atoms with Gasteiger partial charge in [-0.25, -0.2) is 9.98 Å². The predicted octanol–water partition coefficient (Wildman–Crippen LogP) is 11.1. The van der Waals surface area contributed by atoms with Crippen LogP contribution in [0, 0.1) is 5.92 Å². The van der Waals surface area contributed by atoms with Crippen LogP contribution in [0.4, 0.5) is 0 Å². The van der Waals surface area contributed by atoms with Crippen LogP contribution in [-0.4, -0.2) is 22.4 Å². The van der Waals surface area contributed by atoms with Crippen molar-refractivity contribution in [2.45, 2.75) is 105 Å². The molecule has 2 N–H and O–H groups in total. The summed E-state index contributed by atoms with van der Waals surface area (Å²) in [5.41, 5.74) is 29.1.